The molecule has 0 saturated heterocycles. The van der Waals surface area contributed by atoms with E-state index >= 15 is 0 Å². The van der Waals surface area contributed by atoms with Gasteiger partial charge in [-0.2, -0.15) is 0 Å². The Labute approximate surface area is 84.5 Å². The predicted molar refractivity (Wildman–Crippen MR) is 58.1 cm³/mol. The van der Waals surface area contributed by atoms with Crippen LogP contribution >= 0.6 is 0 Å². The van der Waals surface area contributed by atoms with Crippen molar-refractivity contribution in [1.29, 1.82) is 0 Å². The first-order valence-electron chi connectivity index (χ1n) is 5.03. The Kier molecular flexibility index (Phi) is 2.49. The van der Waals surface area contributed by atoms with Gasteiger partial charge in [-0.05, 0) is 48.5 Å². The summed E-state index contributed by atoms with van der Waals surface area (Å²) in [6.07, 6.45) is 5.46. The monoisotopic (exact) mass is 186 g/mol. The molecule has 1 saturated carbocycles. The number of benzene rings is 1. The zero-order valence-corrected chi connectivity index (χ0v) is 8.36. The Balaban J connectivity index is 2.16. The fourth-order valence-corrected chi connectivity index (χ4v) is 1.58. The molecule has 1 fully saturated rings. The number of allylic oxidation sites excluding steroid dienone is 1. The molecule has 72 valence electrons. The molecule has 0 N–H and O–H groups in total. The van der Waals surface area contributed by atoms with Crippen LogP contribution in [-0.4, -0.2) is 6.29 Å². The van der Waals surface area contributed by atoms with Gasteiger partial charge < -0.3 is 0 Å². The van der Waals surface area contributed by atoms with E-state index in [1.165, 1.54) is 18.4 Å². The molecule has 0 aromatic heterocycles. The van der Waals surface area contributed by atoms with Gasteiger partial charge in [0.1, 0.15) is 6.29 Å². The van der Waals surface area contributed by atoms with Gasteiger partial charge in [-0.3, -0.25) is 4.79 Å². The first-order chi connectivity index (χ1) is 6.79. The maximum absolute atomic E-state index is 10.4. The average Bonchev–Trinajstić information content (AvgIpc) is 3.02. The molecule has 0 unspecified atom stereocenters. The number of rotatable bonds is 3. The van der Waals surface area contributed by atoms with E-state index in [-0.39, 0.29) is 0 Å². The van der Waals surface area contributed by atoms with E-state index in [9.17, 15) is 4.79 Å². The highest BCUT2D eigenvalue weighted by molar-refractivity contribution is 5.80. The van der Waals surface area contributed by atoms with Crippen LogP contribution in [0.1, 0.15) is 36.8 Å². The van der Waals surface area contributed by atoms with Gasteiger partial charge in [0.05, 0.1) is 0 Å². The first kappa shape index (κ1) is 9.20. The topological polar surface area (TPSA) is 17.1 Å². The van der Waals surface area contributed by atoms with Crippen molar-refractivity contribution < 1.29 is 4.79 Å². The standard InChI is InChI=1S/C13H14O/c1-10(9-14)8-11-2-4-12(5-3-11)13-6-7-13/h2-5,8-9,13H,6-7H2,1H3. The highest BCUT2D eigenvalue weighted by Gasteiger charge is 2.22. The molecule has 2 rings (SSSR count). The molecule has 0 amide bonds. The Hall–Kier alpha value is -1.37. The number of carbonyl (C=O) groups is 1. The zero-order valence-electron chi connectivity index (χ0n) is 8.36. The molecule has 14 heavy (non-hydrogen) atoms. The molecular formula is C13H14O. The lowest BCUT2D eigenvalue weighted by atomic mass is 10.1. The van der Waals surface area contributed by atoms with Crippen LogP contribution in [0.3, 0.4) is 0 Å². The minimum Gasteiger partial charge on any atom is -0.298 e. The molecule has 1 heteroatoms. The van der Waals surface area contributed by atoms with Crippen LogP contribution in [-0.2, 0) is 4.79 Å². The first-order valence-corrected chi connectivity index (χ1v) is 5.03. The van der Waals surface area contributed by atoms with Gasteiger partial charge in [0.2, 0.25) is 0 Å². The molecule has 0 aliphatic heterocycles. The average molecular weight is 186 g/mol. The fourth-order valence-electron chi connectivity index (χ4n) is 1.58. The zero-order chi connectivity index (χ0) is 9.97. The Bertz CT molecular complexity index is 355. The predicted octanol–water partition coefficient (Wildman–Crippen LogP) is 3.17. The lowest BCUT2D eigenvalue weighted by Gasteiger charge is -1.98. The molecule has 1 aromatic rings. The minimum atomic E-state index is 0.768. The summed E-state index contributed by atoms with van der Waals surface area (Å²) in [7, 11) is 0. The largest absolute Gasteiger partial charge is 0.298 e. The van der Waals surface area contributed by atoms with Gasteiger partial charge in [-0.1, -0.05) is 24.3 Å². The maximum atomic E-state index is 10.4. The van der Waals surface area contributed by atoms with E-state index in [4.69, 9.17) is 0 Å². The summed E-state index contributed by atoms with van der Waals surface area (Å²) >= 11 is 0. The van der Waals surface area contributed by atoms with E-state index in [1.807, 2.05) is 13.0 Å². The lowest BCUT2D eigenvalue weighted by molar-refractivity contribution is -0.104. The molecule has 1 aromatic carbocycles. The Morgan fingerprint density at radius 2 is 1.93 bits per heavy atom. The molecule has 0 radical (unpaired) electrons. The molecule has 0 heterocycles. The van der Waals surface area contributed by atoms with Crippen molar-refractivity contribution in [3.8, 4) is 0 Å². The molecule has 1 aliphatic carbocycles. The highest BCUT2D eigenvalue weighted by Crippen LogP contribution is 2.39. The summed E-state index contributed by atoms with van der Waals surface area (Å²) < 4.78 is 0. The van der Waals surface area contributed by atoms with E-state index in [2.05, 4.69) is 24.3 Å². The van der Waals surface area contributed by atoms with Gasteiger partial charge in [0.15, 0.2) is 0 Å². The summed E-state index contributed by atoms with van der Waals surface area (Å²) in [5.74, 6) is 0.806. The van der Waals surface area contributed by atoms with Crippen molar-refractivity contribution in [1.82, 2.24) is 0 Å². The molecule has 0 spiro atoms. The second-order valence-electron chi connectivity index (χ2n) is 3.95. The van der Waals surface area contributed by atoms with Crippen molar-refractivity contribution in [2.75, 3.05) is 0 Å². The van der Waals surface area contributed by atoms with E-state index < -0.39 is 0 Å². The van der Waals surface area contributed by atoms with Crippen molar-refractivity contribution in [2.24, 2.45) is 0 Å². The normalized spacial score (nSPS) is 16.8. The van der Waals surface area contributed by atoms with Crippen molar-refractivity contribution >= 4 is 12.4 Å². The summed E-state index contributed by atoms with van der Waals surface area (Å²) in [5, 5.41) is 0. The van der Waals surface area contributed by atoms with Crippen LogP contribution in [0.2, 0.25) is 0 Å². The van der Waals surface area contributed by atoms with Crippen LogP contribution in [0.25, 0.3) is 6.08 Å². The van der Waals surface area contributed by atoms with Gasteiger partial charge in [0, 0.05) is 0 Å². The summed E-state index contributed by atoms with van der Waals surface area (Å²) in [5.41, 5.74) is 3.31. The number of carbonyl (C=O) groups excluding carboxylic acids is 1. The van der Waals surface area contributed by atoms with Gasteiger partial charge >= 0.3 is 0 Å². The van der Waals surface area contributed by atoms with Crippen LogP contribution in [0, 0.1) is 0 Å². The van der Waals surface area contributed by atoms with Crippen LogP contribution in [0.5, 0.6) is 0 Å². The Morgan fingerprint density at radius 3 is 2.43 bits per heavy atom. The number of hydrogen-bond donors (Lipinski definition) is 0. The van der Waals surface area contributed by atoms with Crippen molar-refractivity contribution in [3.05, 3.63) is 41.0 Å². The summed E-state index contributed by atoms with van der Waals surface area (Å²) in [4.78, 5) is 10.4. The molecular weight excluding hydrogens is 172 g/mol. The second kappa shape index (κ2) is 3.79. The third-order valence-electron chi connectivity index (χ3n) is 2.57. The van der Waals surface area contributed by atoms with Crippen LogP contribution in [0.4, 0.5) is 0 Å². The number of hydrogen-bond acceptors (Lipinski definition) is 1. The smallest absolute Gasteiger partial charge is 0.145 e. The SMILES string of the molecule is CC(C=O)=Cc1ccc(C2CC2)cc1. The fraction of sp³-hybridized carbons (Fsp3) is 0.308. The highest BCUT2D eigenvalue weighted by atomic mass is 16.1. The molecule has 1 nitrogen and oxygen atoms in total. The third-order valence-corrected chi connectivity index (χ3v) is 2.57. The molecule has 1 aliphatic rings. The van der Waals surface area contributed by atoms with E-state index in [1.54, 1.807) is 0 Å². The van der Waals surface area contributed by atoms with Crippen LogP contribution in [0.15, 0.2) is 29.8 Å². The minimum absolute atomic E-state index is 0.768. The van der Waals surface area contributed by atoms with E-state index in [0.717, 1.165) is 23.3 Å². The van der Waals surface area contributed by atoms with Gasteiger partial charge in [-0.15, -0.1) is 0 Å². The maximum Gasteiger partial charge on any atom is 0.145 e. The molecule has 0 atom stereocenters. The van der Waals surface area contributed by atoms with Crippen molar-refractivity contribution in [3.63, 3.8) is 0 Å². The number of aldehydes is 1. The summed E-state index contributed by atoms with van der Waals surface area (Å²) in [6, 6.07) is 8.50. The third kappa shape index (κ3) is 2.11. The van der Waals surface area contributed by atoms with Crippen molar-refractivity contribution in [2.45, 2.75) is 25.7 Å². The van der Waals surface area contributed by atoms with E-state index in [0.29, 0.717) is 0 Å². The lowest BCUT2D eigenvalue weighted by Crippen LogP contribution is -1.81. The molecule has 0 bridgehead atoms. The second-order valence-corrected chi connectivity index (χ2v) is 3.95. The van der Waals surface area contributed by atoms with Crippen LogP contribution < -0.4 is 0 Å². The quantitative estimate of drug-likeness (QED) is 0.523. The van der Waals surface area contributed by atoms with Gasteiger partial charge in [0.25, 0.3) is 0 Å². The Morgan fingerprint density at radius 1 is 1.29 bits per heavy atom. The summed E-state index contributed by atoms with van der Waals surface area (Å²) in [6.45, 7) is 1.82. The van der Waals surface area contributed by atoms with Gasteiger partial charge in [-0.25, -0.2) is 0 Å².